The van der Waals surface area contributed by atoms with Gasteiger partial charge in [0.2, 0.25) is 5.95 Å². The summed E-state index contributed by atoms with van der Waals surface area (Å²) in [5, 5.41) is 22.0. The summed E-state index contributed by atoms with van der Waals surface area (Å²) < 4.78 is 1.79. The molecule has 5 rings (SSSR count). The molecule has 3 N–H and O–H groups in total. The lowest BCUT2D eigenvalue weighted by atomic mass is 9.53. The average Bonchev–Trinajstić information content (AvgIpc) is 3.05. The van der Waals surface area contributed by atoms with Gasteiger partial charge in [-0.25, -0.2) is 0 Å². The third kappa shape index (κ3) is 3.44. The van der Waals surface area contributed by atoms with Crippen molar-refractivity contribution in [1.82, 2.24) is 19.7 Å². The van der Waals surface area contributed by atoms with E-state index in [0.29, 0.717) is 23.3 Å². The molecule has 0 aliphatic heterocycles. The second-order valence-electron chi connectivity index (χ2n) is 8.91. The summed E-state index contributed by atoms with van der Waals surface area (Å²) in [6.07, 6.45) is 5.83. The number of hydrogen-bond donors (Lipinski definition) is 3. The molecule has 2 saturated carbocycles. The van der Waals surface area contributed by atoms with Crippen LogP contribution in [-0.4, -0.2) is 43.5 Å². The summed E-state index contributed by atoms with van der Waals surface area (Å²) in [6.45, 7) is 2.96. The zero-order valence-corrected chi connectivity index (χ0v) is 17.0. The van der Waals surface area contributed by atoms with E-state index in [1.807, 2.05) is 19.3 Å². The number of aromatic nitrogens is 4. The van der Waals surface area contributed by atoms with E-state index >= 15 is 0 Å². The molecule has 2 aromatic heterocycles. The number of aliphatic hydroxyl groups is 1. The molecule has 0 bridgehead atoms. The maximum absolute atomic E-state index is 9.63. The van der Waals surface area contributed by atoms with Gasteiger partial charge in [0.05, 0.1) is 17.7 Å². The molecule has 7 heteroatoms. The summed E-state index contributed by atoms with van der Waals surface area (Å²) >= 11 is 0. The lowest BCUT2D eigenvalue weighted by Gasteiger charge is -2.56. The monoisotopic (exact) mass is 392 g/mol. The van der Waals surface area contributed by atoms with Gasteiger partial charge in [-0.3, -0.25) is 4.68 Å². The van der Waals surface area contributed by atoms with Gasteiger partial charge in [-0.15, -0.1) is 0 Å². The van der Waals surface area contributed by atoms with E-state index in [2.05, 4.69) is 51.9 Å². The first-order valence-electron chi connectivity index (χ1n) is 10.4. The van der Waals surface area contributed by atoms with E-state index in [-0.39, 0.29) is 6.10 Å². The second kappa shape index (κ2) is 6.99. The Hall–Kier alpha value is -2.67. The van der Waals surface area contributed by atoms with Gasteiger partial charge in [0, 0.05) is 19.6 Å². The molecule has 0 amide bonds. The molecule has 2 fully saturated rings. The fraction of sp³-hybridized carbons (Fsp3) is 0.500. The van der Waals surface area contributed by atoms with Crippen molar-refractivity contribution in [2.45, 2.75) is 50.7 Å². The molecule has 2 aliphatic carbocycles. The van der Waals surface area contributed by atoms with Crippen LogP contribution in [0.5, 0.6) is 0 Å². The van der Waals surface area contributed by atoms with Crippen molar-refractivity contribution >= 4 is 22.8 Å². The van der Waals surface area contributed by atoms with Gasteiger partial charge in [0.1, 0.15) is 5.82 Å². The largest absolute Gasteiger partial charge is 0.393 e. The van der Waals surface area contributed by atoms with Gasteiger partial charge in [0.25, 0.3) is 0 Å². The Labute approximate surface area is 170 Å². The van der Waals surface area contributed by atoms with Crippen LogP contribution >= 0.6 is 0 Å². The maximum atomic E-state index is 9.63. The molecule has 1 aromatic carbocycles. The van der Waals surface area contributed by atoms with Crippen molar-refractivity contribution in [3.05, 3.63) is 42.1 Å². The topological polar surface area (TPSA) is 87.9 Å². The van der Waals surface area contributed by atoms with Crippen LogP contribution in [0, 0.1) is 5.41 Å². The van der Waals surface area contributed by atoms with Gasteiger partial charge < -0.3 is 15.7 Å². The number of nitrogens with zero attached hydrogens (tertiary/aromatic N) is 4. The average molecular weight is 393 g/mol. The van der Waals surface area contributed by atoms with E-state index < -0.39 is 0 Å². The van der Waals surface area contributed by atoms with Gasteiger partial charge in [-0.05, 0) is 42.6 Å². The van der Waals surface area contributed by atoms with E-state index in [9.17, 15) is 5.11 Å². The molecule has 0 radical (unpaired) electrons. The first kappa shape index (κ1) is 18.4. The number of benzene rings is 1. The van der Waals surface area contributed by atoms with Crippen LogP contribution in [0.2, 0.25) is 0 Å². The summed E-state index contributed by atoms with van der Waals surface area (Å²) in [5.41, 5.74) is 2.48. The zero-order chi connectivity index (χ0) is 20.0. The minimum Gasteiger partial charge on any atom is -0.393 e. The van der Waals surface area contributed by atoms with Crippen LogP contribution in [-0.2, 0) is 7.05 Å². The molecule has 1 spiro atoms. The Kier molecular flexibility index (Phi) is 4.42. The predicted octanol–water partition coefficient (Wildman–Crippen LogP) is 3.29. The molecule has 1 unspecified atom stereocenters. The van der Waals surface area contributed by atoms with Crippen LogP contribution in [0.1, 0.15) is 44.1 Å². The predicted molar refractivity (Wildman–Crippen MR) is 114 cm³/mol. The van der Waals surface area contributed by atoms with Crippen molar-refractivity contribution in [2.75, 3.05) is 17.2 Å². The van der Waals surface area contributed by atoms with Crippen molar-refractivity contribution in [3.63, 3.8) is 0 Å². The molecule has 7 nitrogen and oxygen atoms in total. The first-order chi connectivity index (χ1) is 14.0. The van der Waals surface area contributed by atoms with Crippen LogP contribution in [0.15, 0.2) is 36.5 Å². The van der Waals surface area contributed by atoms with Crippen molar-refractivity contribution in [2.24, 2.45) is 12.5 Å². The Morgan fingerprint density at radius 3 is 2.66 bits per heavy atom. The maximum Gasteiger partial charge on any atom is 0.226 e. The summed E-state index contributed by atoms with van der Waals surface area (Å²) in [7, 11) is 1.91. The fourth-order valence-corrected chi connectivity index (χ4v) is 4.91. The molecular formula is C22H28N6O. The second-order valence-corrected chi connectivity index (χ2v) is 8.91. The molecule has 0 saturated heterocycles. The minimum absolute atomic E-state index is 0.0950. The first-order valence-corrected chi connectivity index (χ1v) is 10.4. The number of rotatable bonds is 6. The van der Waals surface area contributed by atoms with Gasteiger partial charge in [0.15, 0.2) is 5.65 Å². The lowest BCUT2D eigenvalue weighted by molar-refractivity contribution is -0.0868. The highest BCUT2D eigenvalue weighted by Gasteiger charge is 2.52. The summed E-state index contributed by atoms with van der Waals surface area (Å²) in [6, 6.07) is 10.9. The van der Waals surface area contributed by atoms with Crippen molar-refractivity contribution in [1.29, 1.82) is 0 Å². The zero-order valence-electron chi connectivity index (χ0n) is 17.0. The minimum atomic E-state index is -0.0950. The number of aliphatic hydroxyl groups excluding tert-OH is 1. The number of hydrogen-bond acceptors (Lipinski definition) is 6. The smallest absolute Gasteiger partial charge is 0.226 e. The lowest BCUT2D eigenvalue weighted by Crippen LogP contribution is -2.54. The molecule has 2 heterocycles. The summed E-state index contributed by atoms with van der Waals surface area (Å²) in [5.74, 6) is 1.83. The highest BCUT2D eigenvalue weighted by Crippen LogP contribution is 2.56. The Morgan fingerprint density at radius 2 is 1.93 bits per heavy atom. The molecule has 29 heavy (non-hydrogen) atoms. The molecule has 2 aliphatic rings. The molecule has 152 valence electrons. The quantitative estimate of drug-likeness (QED) is 0.597. The molecule has 1 atom stereocenters. The number of anilines is 2. The SMILES string of the molecule is CC(CNc1nc(NC2CC3(CC(O)C3)C2)c2cnn(C)c2n1)c1ccccc1. The number of nitrogens with one attached hydrogen (secondary N) is 2. The van der Waals surface area contributed by atoms with Crippen LogP contribution < -0.4 is 10.6 Å². The van der Waals surface area contributed by atoms with Crippen molar-refractivity contribution < 1.29 is 5.11 Å². The Bertz CT molecular complexity index is 1000. The van der Waals surface area contributed by atoms with Gasteiger partial charge in [-0.1, -0.05) is 37.3 Å². The highest BCUT2D eigenvalue weighted by molar-refractivity contribution is 5.87. The van der Waals surface area contributed by atoms with E-state index in [1.165, 1.54) is 5.56 Å². The van der Waals surface area contributed by atoms with E-state index in [4.69, 9.17) is 4.98 Å². The van der Waals surface area contributed by atoms with Crippen LogP contribution in [0.4, 0.5) is 11.8 Å². The summed E-state index contributed by atoms with van der Waals surface area (Å²) in [4.78, 5) is 9.46. The third-order valence-electron chi connectivity index (χ3n) is 6.56. The van der Waals surface area contributed by atoms with Crippen LogP contribution in [0.25, 0.3) is 11.0 Å². The van der Waals surface area contributed by atoms with Gasteiger partial charge >= 0.3 is 0 Å². The molecular weight excluding hydrogens is 364 g/mol. The Morgan fingerprint density at radius 1 is 1.17 bits per heavy atom. The van der Waals surface area contributed by atoms with E-state index in [1.54, 1.807) is 4.68 Å². The normalized spacial score (nSPS) is 26.7. The number of fused-ring (bicyclic) bond motifs is 1. The fourth-order valence-electron chi connectivity index (χ4n) is 4.91. The Balaban J connectivity index is 1.31. The van der Waals surface area contributed by atoms with Gasteiger partial charge in [-0.2, -0.15) is 15.1 Å². The standard InChI is InChI=1S/C22H28N6O/c1-14(15-6-4-3-5-7-15)12-23-21-26-19(18-13-24-28(2)20(18)27-21)25-16-8-22(9-16)10-17(29)11-22/h3-7,13-14,16-17,29H,8-12H2,1-2H3,(H2,23,25,26,27). The third-order valence-corrected chi connectivity index (χ3v) is 6.56. The van der Waals surface area contributed by atoms with E-state index in [0.717, 1.165) is 49.1 Å². The van der Waals surface area contributed by atoms with Crippen molar-refractivity contribution in [3.8, 4) is 0 Å². The highest BCUT2D eigenvalue weighted by atomic mass is 16.3. The molecule has 3 aromatic rings. The number of aryl methyl sites for hydroxylation is 1. The van der Waals surface area contributed by atoms with Crippen LogP contribution in [0.3, 0.4) is 0 Å².